The van der Waals surface area contributed by atoms with Crippen LogP contribution in [-0.2, 0) is 11.2 Å². The summed E-state index contributed by atoms with van der Waals surface area (Å²) in [6.45, 7) is 5.10. The summed E-state index contributed by atoms with van der Waals surface area (Å²) in [4.78, 5) is 14.2. The smallest absolute Gasteiger partial charge is 0.138 e. The fourth-order valence-electron chi connectivity index (χ4n) is 3.14. The Morgan fingerprint density at radius 2 is 2.08 bits per heavy atom. The maximum Gasteiger partial charge on any atom is 0.138 e. The molecule has 0 spiro atoms. The van der Waals surface area contributed by atoms with Crippen LogP contribution in [-0.4, -0.2) is 59.3 Å². The lowest BCUT2D eigenvalue weighted by Crippen LogP contribution is -2.38. The van der Waals surface area contributed by atoms with Crippen LogP contribution in [0.1, 0.15) is 11.1 Å². The van der Waals surface area contributed by atoms with Crippen molar-refractivity contribution in [2.75, 3.05) is 45.2 Å². The van der Waals surface area contributed by atoms with Crippen LogP contribution >= 0.6 is 0 Å². The van der Waals surface area contributed by atoms with E-state index in [1.165, 1.54) is 0 Å². The van der Waals surface area contributed by atoms with Crippen LogP contribution in [0.4, 0.5) is 5.82 Å². The van der Waals surface area contributed by atoms with Gasteiger partial charge in [-0.05, 0) is 23.3 Å². The Bertz CT molecular complexity index is 856. The summed E-state index contributed by atoms with van der Waals surface area (Å²) in [6, 6.07) is 5.87. The van der Waals surface area contributed by atoms with Crippen molar-refractivity contribution < 1.29 is 9.47 Å². The van der Waals surface area contributed by atoms with Crippen molar-refractivity contribution in [2.45, 2.75) is 6.42 Å². The highest BCUT2D eigenvalue weighted by atomic mass is 16.5. The lowest BCUT2D eigenvalue weighted by Gasteiger charge is -2.26. The summed E-state index contributed by atoms with van der Waals surface area (Å²) in [5.74, 6) is 1.33. The number of ether oxygens (including phenoxy) is 2. The number of nitrogen functional groups attached to an aromatic ring is 1. The number of nitrogens with one attached hydrogen (secondary N) is 1. The molecule has 7 nitrogen and oxygen atoms in total. The van der Waals surface area contributed by atoms with Gasteiger partial charge in [0.05, 0.1) is 19.4 Å². The van der Waals surface area contributed by atoms with Gasteiger partial charge < -0.3 is 20.2 Å². The zero-order valence-corrected chi connectivity index (χ0v) is 14.6. The minimum absolute atomic E-state index is 0.533. The molecule has 7 heteroatoms. The molecule has 26 heavy (non-hydrogen) atoms. The maximum absolute atomic E-state index is 5.92. The molecule has 3 N–H and O–H groups in total. The van der Waals surface area contributed by atoms with Gasteiger partial charge in [0.2, 0.25) is 0 Å². The first-order valence-electron chi connectivity index (χ1n) is 8.87. The predicted octanol–water partition coefficient (Wildman–Crippen LogP) is 1.84. The van der Waals surface area contributed by atoms with E-state index in [0.717, 1.165) is 67.2 Å². The number of fused-ring (bicyclic) bond motifs is 1. The van der Waals surface area contributed by atoms with Gasteiger partial charge in [0, 0.05) is 43.8 Å². The van der Waals surface area contributed by atoms with Gasteiger partial charge in [-0.15, -0.1) is 0 Å². The van der Waals surface area contributed by atoms with Gasteiger partial charge in [-0.2, -0.15) is 0 Å². The number of aromatic amines is 1. The second-order valence-electron chi connectivity index (χ2n) is 6.45. The first-order valence-corrected chi connectivity index (χ1v) is 8.87. The molecule has 0 atom stereocenters. The third-order valence-electron chi connectivity index (χ3n) is 4.61. The Hall–Kier alpha value is -2.64. The average molecular weight is 353 g/mol. The van der Waals surface area contributed by atoms with Crippen LogP contribution in [0.3, 0.4) is 0 Å². The summed E-state index contributed by atoms with van der Waals surface area (Å²) in [5, 5.41) is 1.07. The number of rotatable bonds is 6. The Labute approximate surface area is 152 Å². The Balaban J connectivity index is 1.43. The molecule has 0 amide bonds. The van der Waals surface area contributed by atoms with Crippen molar-refractivity contribution in [3.8, 4) is 5.75 Å². The number of anilines is 1. The predicted molar refractivity (Wildman–Crippen MR) is 100 cm³/mol. The summed E-state index contributed by atoms with van der Waals surface area (Å²) in [7, 11) is 0. The van der Waals surface area contributed by atoms with E-state index in [1.54, 1.807) is 6.20 Å². The van der Waals surface area contributed by atoms with Crippen molar-refractivity contribution in [3.63, 3.8) is 0 Å². The van der Waals surface area contributed by atoms with E-state index < -0.39 is 0 Å². The summed E-state index contributed by atoms with van der Waals surface area (Å²) < 4.78 is 11.3. The number of nitrogens with two attached hydrogens (primary N) is 1. The first-order chi connectivity index (χ1) is 12.8. The second kappa shape index (κ2) is 7.72. The number of nitrogens with zero attached hydrogens (tertiary/aromatic N) is 3. The molecule has 4 rings (SSSR count). The van der Waals surface area contributed by atoms with E-state index in [4.69, 9.17) is 15.2 Å². The molecule has 1 aliphatic heterocycles. The van der Waals surface area contributed by atoms with Crippen molar-refractivity contribution in [3.05, 3.63) is 47.9 Å². The van der Waals surface area contributed by atoms with Crippen LogP contribution in [0.25, 0.3) is 11.0 Å². The Morgan fingerprint density at radius 3 is 2.88 bits per heavy atom. The van der Waals surface area contributed by atoms with Crippen molar-refractivity contribution in [1.82, 2.24) is 19.9 Å². The minimum Gasteiger partial charge on any atom is -0.491 e. The van der Waals surface area contributed by atoms with E-state index in [0.29, 0.717) is 12.4 Å². The molecule has 136 valence electrons. The summed E-state index contributed by atoms with van der Waals surface area (Å²) >= 11 is 0. The highest BCUT2D eigenvalue weighted by Gasteiger charge is 2.11. The van der Waals surface area contributed by atoms with Crippen molar-refractivity contribution >= 4 is 16.9 Å². The molecule has 0 aromatic carbocycles. The fourth-order valence-corrected chi connectivity index (χ4v) is 3.14. The molecule has 0 aliphatic carbocycles. The highest BCUT2D eigenvalue weighted by Crippen LogP contribution is 2.23. The second-order valence-corrected chi connectivity index (χ2v) is 6.45. The number of hydrogen-bond donors (Lipinski definition) is 2. The molecule has 1 aliphatic rings. The third-order valence-corrected chi connectivity index (χ3v) is 4.61. The van der Waals surface area contributed by atoms with Gasteiger partial charge in [0.15, 0.2) is 0 Å². The zero-order chi connectivity index (χ0) is 17.8. The number of aromatic nitrogens is 3. The van der Waals surface area contributed by atoms with Crippen LogP contribution in [0, 0.1) is 0 Å². The molecule has 4 heterocycles. The molecule has 1 fully saturated rings. The number of H-pyrrole nitrogens is 1. The van der Waals surface area contributed by atoms with E-state index in [-0.39, 0.29) is 0 Å². The number of pyridine rings is 2. The van der Waals surface area contributed by atoms with Crippen LogP contribution in [0.15, 0.2) is 36.8 Å². The maximum atomic E-state index is 5.92. The first kappa shape index (κ1) is 16.8. The minimum atomic E-state index is 0.533. The molecule has 0 unspecified atom stereocenters. The molecule has 1 saturated heterocycles. The molecule has 0 saturated carbocycles. The lowest BCUT2D eigenvalue weighted by atomic mass is 10.1. The highest BCUT2D eigenvalue weighted by molar-refractivity contribution is 5.81. The van der Waals surface area contributed by atoms with Crippen molar-refractivity contribution in [2.24, 2.45) is 0 Å². The topological polar surface area (TPSA) is 89.3 Å². The van der Waals surface area contributed by atoms with Crippen LogP contribution in [0.2, 0.25) is 0 Å². The SMILES string of the molecule is Nc1ccc(Cc2c[nH]c3ncc(OCCN4CCOCC4)cc23)cn1. The van der Waals surface area contributed by atoms with E-state index >= 15 is 0 Å². The summed E-state index contributed by atoms with van der Waals surface area (Å²) in [6.07, 6.45) is 6.34. The van der Waals surface area contributed by atoms with Gasteiger partial charge in [-0.1, -0.05) is 6.07 Å². The van der Waals surface area contributed by atoms with Crippen LogP contribution in [0.5, 0.6) is 5.75 Å². The van der Waals surface area contributed by atoms with Gasteiger partial charge in [-0.3, -0.25) is 4.90 Å². The lowest BCUT2D eigenvalue weighted by molar-refractivity contribution is 0.0322. The Morgan fingerprint density at radius 1 is 1.19 bits per heavy atom. The van der Waals surface area contributed by atoms with E-state index in [9.17, 15) is 0 Å². The number of hydrogen-bond acceptors (Lipinski definition) is 6. The zero-order valence-electron chi connectivity index (χ0n) is 14.6. The largest absolute Gasteiger partial charge is 0.491 e. The van der Waals surface area contributed by atoms with Gasteiger partial charge in [-0.25, -0.2) is 9.97 Å². The average Bonchev–Trinajstić information content (AvgIpc) is 3.07. The van der Waals surface area contributed by atoms with Crippen molar-refractivity contribution in [1.29, 1.82) is 0 Å². The van der Waals surface area contributed by atoms with Gasteiger partial charge in [0.25, 0.3) is 0 Å². The molecular formula is C19H23N5O2. The quantitative estimate of drug-likeness (QED) is 0.703. The van der Waals surface area contributed by atoms with Crippen LogP contribution < -0.4 is 10.5 Å². The van der Waals surface area contributed by atoms with Gasteiger partial charge in [0.1, 0.15) is 23.8 Å². The summed E-state index contributed by atoms with van der Waals surface area (Å²) in [5.41, 5.74) is 8.80. The normalized spacial score (nSPS) is 15.4. The third kappa shape index (κ3) is 3.95. The fraction of sp³-hybridized carbons (Fsp3) is 0.368. The molecule has 0 radical (unpaired) electrons. The Kier molecular flexibility index (Phi) is 4.99. The van der Waals surface area contributed by atoms with E-state index in [2.05, 4.69) is 25.9 Å². The van der Waals surface area contributed by atoms with E-state index in [1.807, 2.05) is 24.5 Å². The molecular weight excluding hydrogens is 330 g/mol. The van der Waals surface area contributed by atoms with Gasteiger partial charge >= 0.3 is 0 Å². The molecule has 3 aromatic rings. The molecule has 3 aromatic heterocycles. The standard InChI is InChI=1S/C19H23N5O2/c20-18-2-1-14(11-21-18)9-15-12-22-19-17(15)10-16(13-23-19)26-8-5-24-3-6-25-7-4-24/h1-2,10-13H,3-9H2,(H2,20,21)(H,22,23). The number of morpholine rings is 1. The monoisotopic (exact) mass is 353 g/mol. The molecule has 0 bridgehead atoms.